The summed E-state index contributed by atoms with van der Waals surface area (Å²) in [5.41, 5.74) is 4.87. The number of benzene rings is 1. The molecule has 23 heavy (non-hydrogen) atoms. The molecule has 0 radical (unpaired) electrons. The van der Waals surface area contributed by atoms with Crippen LogP contribution in [0.5, 0.6) is 0 Å². The van der Waals surface area contributed by atoms with E-state index in [0.29, 0.717) is 6.42 Å². The Hall–Kier alpha value is -1.61. The maximum absolute atomic E-state index is 10.4. The lowest BCUT2D eigenvalue weighted by Crippen LogP contribution is -2.12. The monoisotopic (exact) mass is 330 g/mol. The molecule has 3 nitrogen and oxygen atoms in total. The Morgan fingerprint density at radius 1 is 1.17 bits per heavy atom. The standard InChI is InChI=1S/C19H23ClN2O/c20-14-9-10-18-16(13-14)19(21-11-5-1-2-6-12-23)15-7-3-4-8-17(15)22-18/h9-10,12-13H,1-8,11H2,(H,21,22). The summed E-state index contributed by atoms with van der Waals surface area (Å²) in [6, 6.07) is 5.95. The van der Waals surface area contributed by atoms with E-state index in [4.69, 9.17) is 16.6 Å². The number of hydrogen-bond donors (Lipinski definition) is 1. The molecule has 0 atom stereocenters. The maximum Gasteiger partial charge on any atom is 0.119 e. The molecular formula is C19H23ClN2O. The molecule has 1 heterocycles. The van der Waals surface area contributed by atoms with Crippen LogP contribution in [-0.4, -0.2) is 17.8 Å². The summed E-state index contributed by atoms with van der Waals surface area (Å²) in [4.78, 5) is 15.2. The van der Waals surface area contributed by atoms with Crippen molar-refractivity contribution < 1.29 is 4.79 Å². The molecule has 0 spiro atoms. The summed E-state index contributed by atoms with van der Waals surface area (Å²) < 4.78 is 0. The Bertz CT molecular complexity index is 699. The number of pyridine rings is 1. The van der Waals surface area contributed by atoms with Gasteiger partial charge in [-0.15, -0.1) is 0 Å². The largest absolute Gasteiger partial charge is 0.384 e. The summed E-state index contributed by atoms with van der Waals surface area (Å²) in [6.07, 6.45) is 9.43. The van der Waals surface area contributed by atoms with E-state index in [1.54, 1.807) is 0 Å². The van der Waals surface area contributed by atoms with Gasteiger partial charge in [0.05, 0.1) is 5.52 Å². The summed E-state index contributed by atoms with van der Waals surface area (Å²) in [5.74, 6) is 0. The number of hydrogen-bond acceptors (Lipinski definition) is 3. The number of aromatic nitrogens is 1. The summed E-state index contributed by atoms with van der Waals surface area (Å²) in [7, 11) is 0. The number of nitrogens with zero attached hydrogens (tertiary/aromatic N) is 1. The lowest BCUT2D eigenvalue weighted by atomic mass is 9.92. The Kier molecular flexibility index (Phi) is 5.50. The second-order valence-corrected chi connectivity index (χ2v) is 6.66. The van der Waals surface area contributed by atoms with Crippen molar-refractivity contribution in [1.29, 1.82) is 0 Å². The van der Waals surface area contributed by atoms with E-state index in [9.17, 15) is 4.79 Å². The molecule has 1 aromatic heterocycles. The van der Waals surface area contributed by atoms with Gasteiger partial charge in [0.1, 0.15) is 6.29 Å². The van der Waals surface area contributed by atoms with Crippen LogP contribution in [0.15, 0.2) is 18.2 Å². The van der Waals surface area contributed by atoms with Crippen LogP contribution in [0.1, 0.15) is 49.8 Å². The third-order valence-corrected chi connectivity index (χ3v) is 4.76. The number of aldehydes is 1. The first kappa shape index (κ1) is 16.3. The fourth-order valence-corrected chi connectivity index (χ4v) is 3.51. The van der Waals surface area contributed by atoms with E-state index in [-0.39, 0.29) is 0 Å². The molecule has 3 rings (SSSR count). The van der Waals surface area contributed by atoms with Crippen molar-refractivity contribution in [1.82, 2.24) is 4.98 Å². The number of rotatable bonds is 7. The highest BCUT2D eigenvalue weighted by Gasteiger charge is 2.18. The average Bonchev–Trinajstić information content (AvgIpc) is 2.57. The molecule has 4 heteroatoms. The van der Waals surface area contributed by atoms with E-state index in [0.717, 1.165) is 60.9 Å². The number of unbranched alkanes of at least 4 members (excludes halogenated alkanes) is 3. The Morgan fingerprint density at radius 2 is 2.04 bits per heavy atom. The van der Waals surface area contributed by atoms with E-state index >= 15 is 0 Å². The van der Waals surface area contributed by atoms with Gasteiger partial charge in [-0.1, -0.05) is 18.0 Å². The zero-order valence-corrected chi connectivity index (χ0v) is 14.2. The second-order valence-electron chi connectivity index (χ2n) is 6.22. The van der Waals surface area contributed by atoms with Crippen LogP contribution in [0.25, 0.3) is 10.9 Å². The van der Waals surface area contributed by atoms with E-state index < -0.39 is 0 Å². The van der Waals surface area contributed by atoms with Crippen molar-refractivity contribution in [2.75, 3.05) is 11.9 Å². The van der Waals surface area contributed by atoms with Crippen LogP contribution >= 0.6 is 11.6 Å². The number of nitrogens with one attached hydrogen (secondary N) is 1. The zero-order valence-electron chi connectivity index (χ0n) is 13.4. The molecule has 0 saturated carbocycles. The quantitative estimate of drug-likeness (QED) is 0.577. The van der Waals surface area contributed by atoms with Gasteiger partial charge >= 0.3 is 0 Å². The van der Waals surface area contributed by atoms with Crippen molar-refractivity contribution in [2.24, 2.45) is 0 Å². The molecule has 0 bridgehead atoms. The molecule has 1 aromatic carbocycles. The van der Waals surface area contributed by atoms with Gasteiger partial charge in [0.25, 0.3) is 0 Å². The van der Waals surface area contributed by atoms with Gasteiger partial charge in [-0.3, -0.25) is 4.98 Å². The zero-order chi connectivity index (χ0) is 16.1. The van der Waals surface area contributed by atoms with Crippen molar-refractivity contribution >= 4 is 34.5 Å². The molecule has 122 valence electrons. The number of halogens is 1. The van der Waals surface area contributed by atoms with Gasteiger partial charge in [0.15, 0.2) is 0 Å². The first-order valence-corrected chi connectivity index (χ1v) is 8.96. The fraction of sp³-hybridized carbons (Fsp3) is 0.474. The van der Waals surface area contributed by atoms with Crippen molar-refractivity contribution in [3.8, 4) is 0 Å². The predicted molar refractivity (Wildman–Crippen MR) is 96.4 cm³/mol. The highest BCUT2D eigenvalue weighted by Crippen LogP contribution is 2.34. The van der Waals surface area contributed by atoms with Gasteiger partial charge in [-0.05, 0) is 62.3 Å². The van der Waals surface area contributed by atoms with Gasteiger partial charge in [0, 0.05) is 34.8 Å². The molecule has 0 fully saturated rings. The van der Waals surface area contributed by atoms with Crippen molar-refractivity contribution in [3.05, 3.63) is 34.5 Å². The molecule has 2 aromatic rings. The topological polar surface area (TPSA) is 42.0 Å². The van der Waals surface area contributed by atoms with Crippen LogP contribution in [0.3, 0.4) is 0 Å². The number of fused-ring (bicyclic) bond motifs is 2. The van der Waals surface area contributed by atoms with Gasteiger partial charge in [0.2, 0.25) is 0 Å². The smallest absolute Gasteiger partial charge is 0.119 e. The molecular weight excluding hydrogens is 308 g/mol. The van der Waals surface area contributed by atoms with Gasteiger partial charge < -0.3 is 10.1 Å². The van der Waals surface area contributed by atoms with Gasteiger partial charge in [-0.2, -0.15) is 0 Å². The third-order valence-electron chi connectivity index (χ3n) is 4.52. The minimum atomic E-state index is 0.670. The molecule has 0 unspecified atom stereocenters. The predicted octanol–water partition coefficient (Wildman–Crippen LogP) is 4.94. The van der Waals surface area contributed by atoms with Crippen LogP contribution in [0.4, 0.5) is 5.69 Å². The minimum Gasteiger partial charge on any atom is -0.384 e. The summed E-state index contributed by atoms with van der Waals surface area (Å²) in [5, 5.41) is 5.52. The first-order valence-electron chi connectivity index (χ1n) is 8.58. The fourth-order valence-electron chi connectivity index (χ4n) is 3.34. The number of aryl methyl sites for hydroxylation is 1. The normalized spacial score (nSPS) is 13.8. The summed E-state index contributed by atoms with van der Waals surface area (Å²) in [6.45, 7) is 0.928. The molecule has 0 saturated heterocycles. The Labute approximate surface area is 142 Å². The van der Waals surface area contributed by atoms with Crippen LogP contribution < -0.4 is 5.32 Å². The van der Waals surface area contributed by atoms with Crippen molar-refractivity contribution in [3.63, 3.8) is 0 Å². The highest BCUT2D eigenvalue weighted by atomic mass is 35.5. The number of carbonyl (C=O) groups is 1. The number of anilines is 1. The minimum absolute atomic E-state index is 0.670. The SMILES string of the molecule is O=CCCCCCNc1c2c(nc3ccc(Cl)cc13)CCCC2. The van der Waals surface area contributed by atoms with Crippen LogP contribution in [0, 0.1) is 0 Å². The molecule has 1 N–H and O–H groups in total. The molecule has 0 amide bonds. The number of carbonyl (C=O) groups excluding carboxylic acids is 1. The van der Waals surface area contributed by atoms with Crippen LogP contribution in [-0.2, 0) is 17.6 Å². The molecule has 1 aliphatic rings. The first-order chi connectivity index (χ1) is 11.3. The molecule has 1 aliphatic carbocycles. The van der Waals surface area contributed by atoms with Crippen molar-refractivity contribution in [2.45, 2.75) is 51.4 Å². The van der Waals surface area contributed by atoms with Crippen LogP contribution in [0.2, 0.25) is 5.02 Å². The molecule has 0 aliphatic heterocycles. The highest BCUT2D eigenvalue weighted by molar-refractivity contribution is 6.31. The lowest BCUT2D eigenvalue weighted by Gasteiger charge is -2.22. The Morgan fingerprint density at radius 3 is 2.91 bits per heavy atom. The van der Waals surface area contributed by atoms with E-state index in [1.807, 2.05) is 18.2 Å². The Balaban J connectivity index is 1.83. The third kappa shape index (κ3) is 3.84. The van der Waals surface area contributed by atoms with E-state index in [1.165, 1.54) is 29.8 Å². The average molecular weight is 331 g/mol. The van der Waals surface area contributed by atoms with E-state index in [2.05, 4.69) is 5.32 Å². The summed E-state index contributed by atoms with van der Waals surface area (Å²) >= 11 is 6.20. The second kappa shape index (κ2) is 7.78. The lowest BCUT2D eigenvalue weighted by molar-refractivity contribution is -0.107. The van der Waals surface area contributed by atoms with Gasteiger partial charge in [-0.25, -0.2) is 0 Å². The maximum atomic E-state index is 10.4.